The third-order valence-corrected chi connectivity index (χ3v) is 13.2. The zero-order valence-corrected chi connectivity index (χ0v) is 43.6. The minimum atomic E-state index is -1.58. The van der Waals surface area contributed by atoms with E-state index in [-0.39, 0.29) is 18.5 Å². The van der Waals surface area contributed by atoms with Crippen molar-refractivity contribution in [3.8, 4) is 0 Å². The Balaban J connectivity index is 2.08. The van der Waals surface area contributed by atoms with Gasteiger partial charge in [0.05, 0.1) is 32.0 Å². The number of amides is 1. The highest BCUT2D eigenvalue weighted by Crippen LogP contribution is 2.23. The number of aliphatic hydroxyl groups is 5. The van der Waals surface area contributed by atoms with Crippen molar-refractivity contribution in [2.24, 2.45) is 0 Å². The molecule has 0 aromatic heterocycles. The molecular formula is C57H105NO10. The summed E-state index contributed by atoms with van der Waals surface area (Å²) in [6.45, 7) is 4.26. The van der Waals surface area contributed by atoms with E-state index in [4.69, 9.17) is 14.2 Å². The first kappa shape index (κ1) is 63.9. The lowest BCUT2D eigenvalue weighted by atomic mass is 9.99. The van der Waals surface area contributed by atoms with Crippen LogP contribution in [-0.4, -0.2) is 100 Å². The average Bonchev–Trinajstić information content (AvgIpc) is 3.33. The van der Waals surface area contributed by atoms with E-state index in [1.807, 2.05) is 6.08 Å². The highest BCUT2D eigenvalue weighted by Gasteiger charge is 2.44. The van der Waals surface area contributed by atoms with Crippen molar-refractivity contribution < 1.29 is 49.3 Å². The zero-order chi connectivity index (χ0) is 49.6. The number of carbonyl (C=O) groups is 2. The molecule has 1 heterocycles. The van der Waals surface area contributed by atoms with E-state index in [1.54, 1.807) is 6.08 Å². The number of esters is 1. The van der Waals surface area contributed by atoms with Crippen LogP contribution >= 0.6 is 0 Å². The molecule has 68 heavy (non-hydrogen) atoms. The van der Waals surface area contributed by atoms with Gasteiger partial charge in [-0.25, -0.2) is 0 Å². The van der Waals surface area contributed by atoms with Crippen LogP contribution in [0.4, 0.5) is 0 Å². The summed E-state index contributed by atoms with van der Waals surface area (Å²) < 4.78 is 16.6. The number of unbranched alkanes of at least 4 members (excludes halogenated alkanes) is 30. The molecule has 11 heteroatoms. The molecular weight excluding hydrogens is 859 g/mol. The van der Waals surface area contributed by atoms with E-state index in [0.717, 1.165) is 89.9 Å². The van der Waals surface area contributed by atoms with Crippen LogP contribution in [0.5, 0.6) is 0 Å². The zero-order valence-electron chi connectivity index (χ0n) is 43.6. The Morgan fingerprint density at radius 1 is 0.529 bits per heavy atom. The molecule has 1 fully saturated rings. The van der Waals surface area contributed by atoms with Gasteiger partial charge in [-0.3, -0.25) is 9.59 Å². The van der Waals surface area contributed by atoms with Crippen LogP contribution in [0, 0.1) is 0 Å². The predicted molar refractivity (Wildman–Crippen MR) is 278 cm³/mol. The van der Waals surface area contributed by atoms with Gasteiger partial charge in [0.1, 0.15) is 24.4 Å². The van der Waals surface area contributed by atoms with Crippen LogP contribution in [-0.2, 0) is 23.8 Å². The van der Waals surface area contributed by atoms with E-state index in [0.29, 0.717) is 19.4 Å². The number of allylic oxidation sites excluding steroid dienone is 5. The molecule has 7 unspecified atom stereocenters. The Morgan fingerprint density at radius 2 is 0.941 bits per heavy atom. The van der Waals surface area contributed by atoms with Crippen molar-refractivity contribution in [1.29, 1.82) is 0 Å². The molecule has 0 aromatic rings. The average molecular weight is 964 g/mol. The summed E-state index contributed by atoms with van der Waals surface area (Å²) >= 11 is 0. The van der Waals surface area contributed by atoms with Gasteiger partial charge in [0.2, 0.25) is 5.91 Å². The molecule has 0 aliphatic carbocycles. The third kappa shape index (κ3) is 36.8. The molecule has 6 N–H and O–H groups in total. The van der Waals surface area contributed by atoms with Crippen molar-refractivity contribution >= 4 is 11.9 Å². The van der Waals surface area contributed by atoms with Gasteiger partial charge in [0, 0.05) is 12.8 Å². The van der Waals surface area contributed by atoms with Gasteiger partial charge >= 0.3 is 5.97 Å². The molecule has 1 aliphatic heterocycles. The minimum absolute atomic E-state index is 0.0293. The molecule has 0 saturated carbocycles. The van der Waals surface area contributed by atoms with Crippen molar-refractivity contribution in [2.45, 2.75) is 294 Å². The highest BCUT2D eigenvalue weighted by atomic mass is 16.7. The van der Waals surface area contributed by atoms with E-state index in [1.165, 1.54) is 135 Å². The maximum Gasteiger partial charge on any atom is 0.305 e. The number of hydrogen-bond donors (Lipinski definition) is 6. The Labute approximate surface area is 415 Å². The lowest BCUT2D eigenvalue weighted by Gasteiger charge is -2.40. The second kappa shape index (κ2) is 47.2. The van der Waals surface area contributed by atoms with Crippen LogP contribution in [0.2, 0.25) is 0 Å². The standard InChI is InChI=1S/C57H105NO10/c1-3-5-7-9-11-13-14-15-18-22-25-29-33-37-41-45-53(62)66-46-42-38-34-30-26-23-20-17-16-19-21-24-28-32-36-40-44-52(61)58-49(50(60)43-39-35-31-27-12-10-8-6-4-2)48-67-57-56(65)55(64)54(63)51(47-59)68-57/h15-16,18-19,39,43,49-51,54-57,59-60,63-65H,3-14,17,20-38,40-42,44-48H2,1-2H3,(H,58,61)/b18-15-,19-16-,43-39+. The minimum Gasteiger partial charge on any atom is -0.466 e. The highest BCUT2D eigenvalue weighted by molar-refractivity contribution is 5.76. The van der Waals surface area contributed by atoms with Crippen molar-refractivity contribution in [1.82, 2.24) is 5.32 Å². The molecule has 11 nitrogen and oxygen atoms in total. The summed E-state index contributed by atoms with van der Waals surface area (Å²) in [5, 5.41) is 54.1. The van der Waals surface area contributed by atoms with Gasteiger partial charge in [0.15, 0.2) is 6.29 Å². The van der Waals surface area contributed by atoms with Crippen LogP contribution in [0.1, 0.15) is 251 Å². The van der Waals surface area contributed by atoms with Crippen LogP contribution in [0.3, 0.4) is 0 Å². The fraction of sp³-hybridized carbons (Fsp3) is 0.860. The second-order valence-corrected chi connectivity index (χ2v) is 19.6. The maximum atomic E-state index is 13.0. The topological polar surface area (TPSA) is 175 Å². The van der Waals surface area contributed by atoms with Crippen LogP contribution in [0.15, 0.2) is 36.5 Å². The van der Waals surface area contributed by atoms with Gasteiger partial charge in [-0.1, -0.05) is 192 Å². The number of hydrogen-bond acceptors (Lipinski definition) is 10. The lowest BCUT2D eigenvalue weighted by molar-refractivity contribution is -0.302. The number of aliphatic hydroxyl groups excluding tert-OH is 5. The summed E-state index contributed by atoms with van der Waals surface area (Å²) in [7, 11) is 0. The van der Waals surface area contributed by atoms with E-state index >= 15 is 0 Å². The molecule has 0 spiro atoms. The largest absolute Gasteiger partial charge is 0.466 e. The summed E-state index contributed by atoms with van der Waals surface area (Å²) in [5.41, 5.74) is 0. The Hall–Kier alpha value is -2.12. The number of ether oxygens (including phenoxy) is 3. The Kier molecular flexibility index (Phi) is 44.4. The molecule has 0 aromatic carbocycles. The monoisotopic (exact) mass is 964 g/mol. The summed E-state index contributed by atoms with van der Waals surface area (Å²) in [4.78, 5) is 25.0. The van der Waals surface area contributed by atoms with Gasteiger partial charge in [0.25, 0.3) is 0 Å². The number of nitrogens with one attached hydrogen (secondary N) is 1. The van der Waals surface area contributed by atoms with E-state index in [2.05, 4.69) is 43.5 Å². The first-order chi connectivity index (χ1) is 33.2. The van der Waals surface area contributed by atoms with E-state index in [9.17, 15) is 35.1 Å². The molecule has 1 amide bonds. The Morgan fingerprint density at radius 3 is 1.41 bits per heavy atom. The summed E-state index contributed by atoms with van der Waals surface area (Å²) in [6, 6.07) is -0.821. The molecule has 7 atom stereocenters. The van der Waals surface area contributed by atoms with Crippen LogP contribution < -0.4 is 5.32 Å². The normalized spacial score (nSPS) is 19.7. The fourth-order valence-corrected chi connectivity index (χ4v) is 8.66. The third-order valence-electron chi connectivity index (χ3n) is 13.2. The summed E-state index contributed by atoms with van der Waals surface area (Å²) in [5.74, 6) is -0.231. The number of rotatable bonds is 48. The first-order valence-corrected chi connectivity index (χ1v) is 28.3. The van der Waals surface area contributed by atoms with Crippen LogP contribution in [0.25, 0.3) is 0 Å². The molecule has 1 rings (SSSR count). The lowest BCUT2D eigenvalue weighted by Crippen LogP contribution is -2.60. The van der Waals surface area contributed by atoms with Gasteiger partial charge < -0.3 is 45.1 Å². The smallest absolute Gasteiger partial charge is 0.305 e. The van der Waals surface area contributed by atoms with Crippen molar-refractivity contribution in [3.63, 3.8) is 0 Å². The first-order valence-electron chi connectivity index (χ1n) is 28.3. The quantitative estimate of drug-likeness (QED) is 0.0196. The molecule has 1 saturated heterocycles. The fourth-order valence-electron chi connectivity index (χ4n) is 8.66. The predicted octanol–water partition coefficient (Wildman–Crippen LogP) is 12.3. The molecule has 0 radical (unpaired) electrons. The number of carbonyl (C=O) groups excluding carboxylic acids is 2. The second-order valence-electron chi connectivity index (χ2n) is 19.6. The van der Waals surface area contributed by atoms with Gasteiger partial charge in [-0.05, 0) is 83.5 Å². The van der Waals surface area contributed by atoms with Crippen molar-refractivity contribution in [2.75, 3.05) is 19.8 Å². The molecule has 0 bridgehead atoms. The summed E-state index contributed by atoms with van der Waals surface area (Å²) in [6.07, 6.45) is 46.7. The van der Waals surface area contributed by atoms with E-state index < -0.39 is 49.5 Å². The Bertz CT molecular complexity index is 1230. The maximum absolute atomic E-state index is 13.0. The van der Waals surface area contributed by atoms with Gasteiger partial charge in [-0.2, -0.15) is 0 Å². The molecule has 1 aliphatic rings. The van der Waals surface area contributed by atoms with Gasteiger partial charge in [-0.15, -0.1) is 0 Å². The SMILES string of the molecule is CCCCCCCC/C=C\CCCCCCCC(=O)OCCCCCCCCC/C=C\CCCCCCCC(=O)NC(COC1OC(CO)C(O)C(O)C1O)C(O)/C=C/CCCCCCCCC. The molecule has 398 valence electrons. The van der Waals surface area contributed by atoms with Crippen molar-refractivity contribution in [3.05, 3.63) is 36.5 Å².